The van der Waals surface area contributed by atoms with Crippen molar-refractivity contribution < 1.29 is 13.9 Å². The monoisotopic (exact) mass is 211 g/mol. The third kappa shape index (κ3) is 2.75. The molecule has 2 atom stereocenters. The summed E-state index contributed by atoms with van der Waals surface area (Å²) in [6.45, 7) is 1.02. The van der Waals surface area contributed by atoms with Crippen LogP contribution in [0.15, 0.2) is 24.3 Å². The Morgan fingerprint density at radius 1 is 1.33 bits per heavy atom. The molecule has 0 spiro atoms. The number of hydrogen-bond acceptors (Lipinski definition) is 3. The van der Waals surface area contributed by atoms with E-state index in [1.807, 2.05) is 0 Å². The number of ether oxygens (including phenoxy) is 2. The lowest BCUT2D eigenvalue weighted by Gasteiger charge is -2.10. The summed E-state index contributed by atoms with van der Waals surface area (Å²) in [5.74, 6) is -0.230. The van der Waals surface area contributed by atoms with Crippen LogP contribution in [0.5, 0.6) is 0 Å². The Labute approximate surface area is 88.0 Å². The highest BCUT2D eigenvalue weighted by atomic mass is 19.1. The zero-order chi connectivity index (χ0) is 10.7. The standard InChI is InChI=1S/C11H14FNO2/c12-9-3-1-8(2-4-9)5-11-14-7-10(6-13)15-11/h1-4,10-11H,5-7,13H2. The van der Waals surface area contributed by atoms with E-state index in [9.17, 15) is 4.39 Å². The molecule has 0 aliphatic carbocycles. The van der Waals surface area contributed by atoms with Crippen molar-refractivity contribution in [2.75, 3.05) is 13.2 Å². The van der Waals surface area contributed by atoms with Crippen LogP contribution in [0, 0.1) is 5.82 Å². The number of halogens is 1. The van der Waals surface area contributed by atoms with Crippen LogP contribution < -0.4 is 5.73 Å². The van der Waals surface area contributed by atoms with Gasteiger partial charge in [-0.15, -0.1) is 0 Å². The van der Waals surface area contributed by atoms with E-state index >= 15 is 0 Å². The van der Waals surface area contributed by atoms with E-state index in [-0.39, 0.29) is 18.2 Å². The average molecular weight is 211 g/mol. The predicted octanol–water partition coefficient (Wildman–Crippen LogP) is 1.07. The molecule has 4 heteroatoms. The maximum Gasteiger partial charge on any atom is 0.162 e. The van der Waals surface area contributed by atoms with Gasteiger partial charge in [0, 0.05) is 13.0 Å². The van der Waals surface area contributed by atoms with Gasteiger partial charge in [-0.05, 0) is 17.7 Å². The molecule has 1 aromatic rings. The topological polar surface area (TPSA) is 44.5 Å². The fraction of sp³-hybridized carbons (Fsp3) is 0.455. The Morgan fingerprint density at radius 2 is 2.07 bits per heavy atom. The van der Waals surface area contributed by atoms with Crippen molar-refractivity contribution in [3.8, 4) is 0 Å². The lowest BCUT2D eigenvalue weighted by Crippen LogP contribution is -2.23. The third-order valence-corrected chi connectivity index (χ3v) is 2.39. The van der Waals surface area contributed by atoms with Crippen LogP contribution in [0.3, 0.4) is 0 Å². The zero-order valence-corrected chi connectivity index (χ0v) is 8.36. The molecule has 2 N–H and O–H groups in total. The van der Waals surface area contributed by atoms with E-state index in [2.05, 4.69) is 0 Å². The second-order valence-electron chi connectivity index (χ2n) is 3.59. The highest BCUT2D eigenvalue weighted by Gasteiger charge is 2.24. The molecule has 15 heavy (non-hydrogen) atoms. The summed E-state index contributed by atoms with van der Waals surface area (Å²) in [6, 6.07) is 6.34. The van der Waals surface area contributed by atoms with Gasteiger partial charge in [0.2, 0.25) is 0 Å². The molecule has 0 radical (unpaired) electrons. The van der Waals surface area contributed by atoms with E-state index < -0.39 is 0 Å². The van der Waals surface area contributed by atoms with Crippen LogP contribution in [0.4, 0.5) is 4.39 Å². The van der Waals surface area contributed by atoms with Crippen LogP contribution in [0.1, 0.15) is 5.56 Å². The Balaban J connectivity index is 1.90. The van der Waals surface area contributed by atoms with Gasteiger partial charge in [-0.1, -0.05) is 12.1 Å². The van der Waals surface area contributed by atoms with Crippen molar-refractivity contribution in [1.82, 2.24) is 0 Å². The molecule has 0 bridgehead atoms. The van der Waals surface area contributed by atoms with Gasteiger partial charge in [-0.3, -0.25) is 0 Å². The summed E-state index contributed by atoms with van der Waals surface area (Å²) in [5, 5.41) is 0. The molecule has 0 amide bonds. The van der Waals surface area contributed by atoms with E-state index in [0.29, 0.717) is 19.6 Å². The summed E-state index contributed by atoms with van der Waals surface area (Å²) in [7, 11) is 0. The normalized spacial score (nSPS) is 25.7. The van der Waals surface area contributed by atoms with Crippen LogP contribution in [0.2, 0.25) is 0 Å². The van der Waals surface area contributed by atoms with E-state index in [1.165, 1.54) is 12.1 Å². The molecule has 82 valence electrons. The van der Waals surface area contributed by atoms with Crippen molar-refractivity contribution in [3.05, 3.63) is 35.6 Å². The molecule has 1 aromatic carbocycles. The largest absolute Gasteiger partial charge is 0.350 e. The highest BCUT2D eigenvalue weighted by molar-refractivity contribution is 5.16. The summed E-state index contributed by atoms with van der Waals surface area (Å²) in [4.78, 5) is 0. The first-order valence-electron chi connectivity index (χ1n) is 4.99. The highest BCUT2D eigenvalue weighted by Crippen LogP contribution is 2.15. The first kappa shape index (κ1) is 10.5. The minimum Gasteiger partial charge on any atom is -0.350 e. The second-order valence-corrected chi connectivity index (χ2v) is 3.59. The molecule has 3 nitrogen and oxygen atoms in total. The minimum absolute atomic E-state index is 0.00421. The SMILES string of the molecule is NCC1COC(Cc2ccc(F)cc2)O1. The molecule has 1 heterocycles. The minimum atomic E-state index is -0.246. The van der Waals surface area contributed by atoms with Crippen LogP contribution in [0.25, 0.3) is 0 Å². The molecule has 1 aliphatic rings. The molecule has 0 aromatic heterocycles. The predicted molar refractivity (Wildman–Crippen MR) is 53.8 cm³/mol. The maximum absolute atomic E-state index is 12.6. The van der Waals surface area contributed by atoms with Crippen LogP contribution in [-0.4, -0.2) is 25.5 Å². The first-order valence-corrected chi connectivity index (χ1v) is 4.99. The Hall–Kier alpha value is -0.970. The Morgan fingerprint density at radius 3 is 2.67 bits per heavy atom. The van der Waals surface area contributed by atoms with E-state index in [0.717, 1.165) is 5.56 Å². The summed E-state index contributed by atoms with van der Waals surface area (Å²) in [6.07, 6.45) is 0.385. The van der Waals surface area contributed by atoms with E-state index in [1.54, 1.807) is 12.1 Å². The summed E-state index contributed by atoms with van der Waals surface area (Å²) >= 11 is 0. The van der Waals surface area contributed by atoms with Crippen molar-refractivity contribution in [2.45, 2.75) is 18.8 Å². The number of benzene rings is 1. The molecule has 2 unspecified atom stereocenters. The van der Waals surface area contributed by atoms with Gasteiger partial charge in [0.05, 0.1) is 12.7 Å². The molecular weight excluding hydrogens is 197 g/mol. The molecule has 1 saturated heterocycles. The number of rotatable bonds is 3. The van der Waals surface area contributed by atoms with Gasteiger partial charge in [-0.25, -0.2) is 4.39 Å². The molecule has 2 rings (SSSR count). The summed E-state index contributed by atoms with van der Waals surface area (Å²) < 4.78 is 23.5. The number of nitrogens with two attached hydrogens (primary N) is 1. The van der Waals surface area contributed by atoms with Gasteiger partial charge in [-0.2, -0.15) is 0 Å². The average Bonchev–Trinajstić information content (AvgIpc) is 2.69. The summed E-state index contributed by atoms with van der Waals surface area (Å²) in [5.41, 5.74) is 6.45. The van der Waals surface area contributed by atoms with Crippen molar-refractivity contribution in [3.63, 3.8) is 0 Å². The van der Waals surface area contributed by atoms with Gasteiger partial charge in [0.1, 0.15) is 5.82 Å². The molecular formula is C11H14FNO2. The van der Waals surface area contributed by atoms with Gasteiger partial charge < -0.3 is 15.2 Å². The molecule has 0 saturated carbocycles. The molecule has 1 fully saturated rings. The van der Waals surface area contributed by atoms with E-state index in [4.69, 9.17) is 15.2 Å². The first-order chi connectivity index (χ1) is 7.28. The van der Waals surface area contributed by atoms with Crippen LogP contribution in [-0.2, 0) is 15.9 Å². The van der Waals surface area contributed by atoms with Crippen molar-refractivity contribution >= 4 is 0 Å². The van der Waals surface area contributed by atoms with Crippen LogP contribution >= 0.6 is 0 Å². The lowest BCUT2D eigenvalue weighted by atomic mass is 10.1. The quantitative estimate of drug-likeness (QED) is 0.813. The Bertz CT molecular complexity index is 315. The molecule has 1 aliphatic heterocycles. The van der Waals surface area contributed by atoms with Crippen molar-refractivity contribution in [2.24, 2.45) is 5.73 Å². The fourth-order valence-electron chi connectivity index (χ4n) is 1.55. The van der Waals surface area contributed by atoms with Gasteiger partial charge in [0.15, 0.2) is 6.29 Å². The van der Waals surface area contributed by atoms with Gasteiger partial charge in [0.25, 0.3) is 0 Å². The lowest BCUT2D eigenvalue weighted by molar-refractivity contribution is -0.0541. The van der Waals surface area contributed by atoms with Gasteiger partial charge >= 0.3 is 0 Å². The second kappa shape index (κ2) is 4.70. The van der Waals surface area contributed by atoms with Crippen molar-refractivity contribution in [1.29, 1.82) is 0 Å². The Kier molecular flexibility index (Phi) is 3.30. The fourth-order valence-corrected chi connectivity index (χ4v) is 1.55. The third-order valence-electron chi connectivity index (χ3n) is 2.39. The smallest absolute Gasteiger partial charge is 0.162 e. The number of hydrogen-bond donors (Lipinski definition) is 1. The maximum atomic E-state index is 12.6. The zero-order valence-electron chi connectivity index (χ0n) is 8.36.